The van der Waals surface area contributed by atoms with Crippen molar-refractivity contribution in [2.75, 3.05) is 27.2 Å². The van der Waals surface area contributed by atoms with E-state index in [1.165, 1.54) is 43.9 Å². The van der Waals surface area contributed by atoms with Crippen LogP contribution in [0.5, 0.6) is 0 Å². The molecule has 1 heterocycles. The molecule has 1 aromatic heterocycles. The molecule has 0 aliphatic heterocycles. The van der Waals surface area contributed by atoms with Crippen LogP contribution in [0.15, 0.2) is 46.0 Å². The van der Waals surface area contributed by atoms with Crippen molar-refractivity contribution >= 4 is 27.3 Å². The van der Waals surface area contributed by atoms with Gasteiger partial charge in [-0.3, -0.25) is 4.79 Å². The zero-order valence-electron chi connectivity index (χ0n) is 14.9. The average Bonchev–Trinajstić information content (AvgIpc) is 3.15. The minimum absolute atomic E-state index is 0.107. The van der Waals surface area contributed by atoms with Crippen LogP contribution in [-0.2, 0) is 10.0 Å². The summed E-state index contributed by atoms with van der Waals surface area (Å²) < 4.78 is 25.2. The highest BCUT2D eigenvalue weighted by Crippen LogP contribution is 2.24. The number of aliphatic hydroxyl groups is 1. The maximum Gasteiger partial charge on any atom is 0.251 e. The molecule has 0 saturated carbocycles. The number of aliphatic hydroxyl groups excluding tert-OH is 1. The highest BCUT2D eigenvalue weighted by atomic mass is 32.2. The summed E-state index contributed by atoms with van der Waals surface area (Å²) in [5.74, 6) is -0.0361. The third-order valence-electron chi connectivity index (χ3n) is 4.17. The number of sulfonamides is 1. The van der Waals surface area contributed by atoms with Gasteiger partial charge in [-0.2, -0.15) is 11.3 Å². The third kappa shape index (κ3) is 5.14. The summed E-state index contributed by atoms with van der Waals surface area (Å²) >= 11 is 1.61. The first-order valence-corrected chi connectivity index (χ1v) is 10.7. The summed E-state index contributed by atoms with van der Waals surface area (Å²) in [5, 5.41) is 16.1. The highest BCUT2D eigenvalue weighted by molar-refractivity contribution is 7.89. The zero-order chi connectivity index (χ0) is 19.2. The van der Waals surface area contributed by atoms with Crippen molar-refractivity contribution in [2.45, 2.75) is 23.7 Å². The molecule has 0 fully saturated rings. The lowest BCUT2D eigenvalue weighted by Crippen LogP contribution is -2.26. The van der Waals surface area contributed by atoms with Gasteiger partial charge in [0.1, 0.15) is 0 Å². The Labute approximate surface area is 158 Å². The summed E-state index contributed by atoms with van der Waals surface area (Å²) in [4.78, 5) is 12.4. The van der Waals surface area contributed by atoms with Crippen LogP contribution in [0.25, 0.3) is 0 Å². The van der Waals surface area contributed by atoms with Gasteiger partial charge < -0.3 is 10.4 Å². The molecule has 2 aromatic rings. The second-order valence-electron chi connectivity index (χ2n) is 6.12. The number of benzene rings is 1. The van der Waals surface area contributed by atoms with Gasteiger partial charge in [-0.1, -0.05) is 0 Å². The van der Waals surface area contributed by atoms with Crippen LogP contribution in [0.1, 0.15) is 34.7 Å². The predicted octanol–water partition coefficient (Wildman–Crippen LogP) is 2.28. The fraction of sp³-hybridized carbons (Fsp3) is 0.389. The van der Waals surface area contributed by atoms with Crippen molar-refractivity contribution < 1.29 is 18.3 Å². The van der Waals surface area contributed by atoms with Gasteiger partial charge in [0, 0.05) is 32.8 Å². The first-order valence-electron chi connectivity index (χ1n) is 8.30. The SMILES string of the molecule is CN(C)S(=O)(=O)c1ccc(C(=O)NCC[C@H](CCO)c2ccsc2)cc1. The Kier molecular flexibility index (Phi) is 7.33. The first kappa shape index (κ1) is 20.6. The summed E-state index contributed by atoms with van der Waals surface area (Å²) in [6.07, 6.45) is 1.39. The lowest BCUT2D eigenvalue weighted by molar-refractivity contribution is 0.0952. The molecule has 0 spiro atoms. The fourth-order valence-electron chi connectivity index (χ4n) is 2.59. The average molecular weight is 397 g/mol. The minimum atomic E-state index is -3.50. The topological polar surface area (TPSA) is 86.7 Å². The molecule has 26 heavy (non-hydrogen) atoms. The number of rotatable bonds is 9. The van der Waals surface area contributed by atoms with Crippen molar-refractivity contribution in [3.05, 3.63) is 52.2 Å². The maximum atomic E-state index is 12.2. The molecule has 1 atom stereocenters. The predicted molar refractivity (Wildman–Crippen MR) is 103 cm³/mol. The molecule has 1 amide bonds. The lowest BCUT2D eigenvalue weighted by Gasteiger charge is -2.15. The third-order valence-corrected chi connectivity index (χ3v) is 6.70. The Bertz CT molecular complexity index is 800. The van der Waals surface area contributed by atoms with E-state index >= 15 is 0 Å². The minimum Gasteiger partial charge on any atom is -0.396 e. The number of nitrogens with zero attached hydrogens (tertiary/aromatic N) is 1. The molecule has 0 radical (unpaired) electrons. The second-order valence-corrected chi connectivity index (χ2v) is 9.05. The summed E-state index contributed by atoms with van der Waals surface area (Å²) in [5.41, 5.74) is 1.59. The molecule has 6 nitrogen and oxygen atoms in total. The van der Waals surface area contributed by atoms with Gasteiger partial charge in [-0.05, 0) is 65.4 Å². The van der Waals surface area contributed by atoms with Crippen molar-refractivity contribution in [2.24, 2.45) is 0 Å². The number of carbonyl (C=O) groups excluding carboxylic acids is 1. The van der Waals surface area contributed by atoms with E-state index in [9.17, 15) is 18.3 Å². The number of amides is 1. The van der Waals surface area contributed by atoms with Gasteiger partial charge in [-0.25, -0.2) is 12.7 Å². The van der Waals surface area contributed by atoms with Crippen molar-refractivity contribution in [1.82, 2.24) is 9.62 Å². The van der Waals surface area contributed by atoms with Crippen LogP contribution < -0.4 is 5.32 Å². The summed E-state index contributed by atoms with van der Waals surface area (Å²) in [7, 11) is -0.571. The smallest absolute Gasteiger partial charge is 0.251 e. The summed E-state index contributed by atoms with van der Waals surface area (Å²) in [6, 6.07) is 7.93. The molecule has 0 bridgehead atoms. The normalized spacial score (nSPS) is 12.9. The first-order chi connectivity index (χ1) is 12.4. The van der Waals surface area contributed by atoms with E-state index in [4.69, 9.17) is 0 Å². The molecule has 0 unspecified atom stereocenters. The van der Waals surface area contributed by atoms with E-state index in [-0.39, 0.29) is 23.3 Å². The highest BCUT2D eigenvalue weighted by Gasteiger charge is 2.18. The molecule has 142 valence electrons. The molecule has 2 rings (SSSR count). The van der Waals surface area contributed by atoms with E-state index in [1.54, 1.807) is 11.3 Å². The molecule has 0 saturated heterocycles. The molecular formula is C18H24N2O4S2. The van der Waals surface area contributed by atoms with Crippen LogP contribution in [0.2, 0.25) is 0 Å². The van der Waals surface area contributed by atoms with E-state index < -0.39 is 10.0 Å². The second kappa shape index (κ2) is 9.27. The van der Waals surface area contributed by atoms with Gasteiger partial charge in [0.15, 0.2) is 0 Å². The Hall–Kier alpha value is -1.74. The van der Waals surface area contributed by atoms with Gasteiger partial charge in [0.25, 0.3) is 5.91 Å². The van der Waals surface area contributed by atoms with Crippen molar-refractivity contribution in [3.63, 3.8) is 0 Å². The Morgan fingerprint density at radius 3 is 2.42 bits per heavy atom. The quantitative estimate of drug-likeness (QED) is 0.681. The van der Waals surface area contributed by atoms with Crippen molar-refractivity contribution in [3.8, 4) is 0 Å². The Balaban J connectivity index is 1.93. The van der Waals surface area contributed by atoms with E-state index in [0.29, 0.717) is 18.5 Å². The van der Waals surface area contributed by atoms with Crippen LogP contribution in [0, 0.1) is 0 Å². The molecule has 2 N–H and O–H groups in total. The van der Waals surface area contributed by atoms with Crippen LogP contribution >= 0.6 is 11.3 Å². The number of hydrogen-bond donors (Lipinski definition) is 2. The number of carbonyl (C=O) groups is 1. The Morgan fingerprint density at radius 2 is 1.88 bits per heavy atom. The number of thiophene rings is 1. The Morgan fingerprint density at radius 1 is 1.19 bits per heavy atom. The number of nitrogens with one attached hydrogen (secondary N) is 1. The van der Waals surface area contributed by atoms with Gasteiger partial charge in [0.2, 0.25) is 10.0 Å². The van der Waals surface area contributed by atoms with E-state index in [2.05, 4.69) is 10.7 Å². The molecule has 1 aromatic carbocycles. The number of hydrogen-bond acceptors (Lipinski definition) is 5. The standard InChI is InChI=1S/C18H24N2O4S2/c1-20(2)26(23,24)17-5-3-15(4-6-17)18(22)19-10-7-14(8-11-21)16-9-12-25-13-16/h3-6,9,12-14,21H,7-8,10-11H2,1-2H3,(H,19,22)/t14-/m1/s1. The molecule has 8 heteroatoms. The fourth-order valence-corrected chi connectivity index (χ4v) is 4.24. The lowest BCUT2D eigenvalue weighted by atomic mass is 9.95. The van der Waals surface area contributed by atoms with E-state index in [1.807, 2.05) is 11.4 Å². The molecular weight excluding hydrogens is 372 g/mol. The maximum absolute atomic E-state index is 12.2. The zero-order valence-corrected chi connectivity index (χ0v) is 16.5. The van der Waals surface area contributed by atoms with Crippen molar-refractivity contribution in [1.29, 1.82) is 0 Å². The van der Waals surface area contributed by atoms with Crippen LogP contribution in [0.4, 0.5) is 0 Å². The van der Waals surface area contributed by atoms with E-state index in [0.717, 1.165) is 10.7 Å². The largest absolute Gasteiger partial charge is 0.396 e. The van der Waals surface area contributed by atoms with Gasteiger partial charge in [-0.15, -0.1) is 0 Å². The summed E-state index contributed by atoms with van der Waals surface area (Å²) in [6.45, 7) is 0.591. The molecule has 0 aliphatic carbocycles. The van der Waals surface area contributed by atoms with Gasteiger partial charge >= 0.3 is 0 Å². The van der Waals surface area contributed by atoms with Crippen LogP contribution in [0.3, 0.4) is 0 Å². The molecule has 0 aliphatic rings. The monoisotopic (exact) mass is 396 g/mol. The van der Waals surface area contributed by atoms with Crippen LogP contribution in [-0.4, -0.2) is 51.0 Å². The van der Waals surface area contributed by atoms with Gasteiger partial charge in [0.05, 0.1) is 4.90 Å².